The van der Waals surface area contributed by atoms with Gasteiger partial charge in [-0.3, -0.25) is 9.78 Å². The van der Waals surface area contributed by atoms with Crippen molar-refractivity contribution in [2.24, 2.45) is 0 Å². The molecule has 148 valence electrons. The van der Waals surface area contributed by atoms with Gasteiger partial charge in [-0.25, -0.2) is 8.42 Å². The molecule has 0 amide bonds. The van der Waals surface area contributed by atoms with Gasteiger partial charge < -0.3 is 9.67 Å². The van der Waals surface area contributed by atoms with E-state index in [0.717, 1.165) is 38.7 Å². The Balaban J connectivity index is 2.07. The number of aliphatic carboxylic acids is 1. The van der Waals surface area contributed by atoms with E-state index in [2.05, 4.69) is 11.1 Å². The van der Waals surface area contributed by atoms with Crippen LogP contribution in [0.4, 0.5) is 0 Å². The number of carboxylic acid groups (broad SMARTS) is 1. The second-order valence-electron chi connectivity index (χ2n) is 7.12. The van der Waals surface area contributed by atoms with Crippen LogP contribution in [0.1, 0.15) is 16.8 Å². The topological polar surface area (TPSA) is 89.3 Å². The second kappa shape index (κ2) is 7.33. The first-order chi connectivity index (χ1) is 13.9. The molecular formula is C22H20N2O4S. The molecular weight excluding hydrogens is 388 g/mol. The summed E-state index contributed by atoms with van der Waals surface area (Å²) in [6.45, 7) is 3.79. The van der Waals surface area contributed by atoms with Gasteiger partial charge >= 0.3 is 5.97 Å². The number of hydrogen-bond acceptors (Lipinski definition) is 4. The Morgan fingerprint density at radius 1 is 1.10 bits per heavy atom. The number of fused-ring (bicyclic) bond motifs is 2. The predicted molar refractivity (Wildman–Crippen MR) is 114 cm³/mol. The van der Waals surface area contributed by atoms with Crippen LogP contribution >= 0.6 is 0 Å². The summed E-state index contributed by atoms with van der Waals surface area (Å²) in [5.41, 5.74) is 5.94. The molecule has 0 fully saturated rings. The van der Waals surface area contributed by atoms with Crippen molar-refractivity contribution < 1.29 is 18.3 Å². The number of thiol groups is 1. The lowest BCUT2D eigenvalue weighted by Crippen LogP contribution is -2.09. The fourth-order valence-corrected chi connectivity index (χ4v) is 4.53. The first-order valence-corrected chi connectivity index (χ1v) is 10.5. The average molecular weight is 408 g/mol. The summed E-state index contributed by atoms with van der Waals surface area (Å²) in [6, 6.07) is 13.4. The van der Waals surface area contributed by atoms with E-state index in [1.165, 1.54) is 0 Å². The van der Waals surface area contributed by atoms with E-state index < -0.39 is 16.7 Å². The summed E-state index contributed by atoms with van der Waals surface area (Å²) in [7, 11) is -2.57. The van der Waals surface area contributed by atoms with E-state index in [0.29, 0.717) is 11.1 Å². The number of aromatic nitrogens is 2. The zero-order valence-corrected chi connectivity index (χ0v) is 16.9. The maximum atomic E-state index is 11.4. The molecule has 7 heteroatoms. The predicted octanol–water partition coefficient (Wildman–Crippen LogP) is 3.67. The molecule has 4 aromatic rings. The van der Waals surface area contributed by atoms with Crippen LogP contribution in [0.15, 0.2) is 48.7 Å². The molecule has 2 heterocycles. The van der Waals surface area contributed by atoms with Gasteiger partial charge in [-0.1, -0.05) is 29.8 Å². The van der Waals surface area contributed by atoms with Gasteiger partial charge in [0, 0.05) is 33.7 Å². The molecule has 0 spiro atoms. The molecule has 6 nitrogen and oxygen atoms in total. The van der Waals surface area contributed by atoms with Gasteiger partial charge in [0.25, 0.3) is 0 Å². The van der Waals surface area contributed by atoms with Crippen LogP contribution < -0.4 is 0 Å². The maximum Gasteiger partial charge on any atom is 0.323 e. The Bertz CT molecular complexity index is 1340. The number of rotatable bonds is 5. The number of hydrogen-bond donors (Lipinski definition) is 2. The Morgan fingerprint density at radius 3 is 2.62 bits per heavy atom. The smallest absolute Gasteiger partial charge is 0.323 e. The van der Waals surface area contributed by atoms with Crippen LogP contribution in [0, 0.1) is 13.8 Å². The number of benzene rings is 2. The first-order valence-electron chi connectivity index (χ1n) is 9.17. The molecule has 1 N–H and O–H groups in total. The van der Waals surface area contributed by atoms with Crippen molar-refractivity contribution in [3.05, 3.63) is 65.5 Å². The van der Waals surface area contributed by atoms with E-state index in [1.54, 1.807) is 16.8 Å². The zero-order chi connectivity index (χ0) is 20.7. The van der Waals surface area contributed by atoms with Gasteiger partial charge in [-0.05, 0) is 43.2 Å². The van der Waals surface area contributed by atoms with E-state index >= 15 is 0 Å². The zero-order valence-electron chi connectivity index (χ0n) is 16.0. The number of para-hydroxylation sites is 1. The van der Waals surface area contributed by atoms with Gasteiger partial charge in [-0.2, -0.15) is 0 Å². The SMILES string of the molecule is Cc1ccc2c(c1)c(-c1ccnc3c(C[SH](=O)=O)cccc13)c(C)n2CC(=O)O. The maximum absolute atomic E-state index is 11.4. The molecule has 0 aliphatic rings. The van der Waals surface area contributed by atoms with Crippen molar-refractivity contribution in [3.63, 3.8) is 0 Å². The lowest BCUT2D eigenvalue weighted by molar-refractivity contribution is -0.137. The quantitative estimate of drug-likeness (QED) is 0.492. The van der Waals surface area contributed by atoms with Crippen LogP contribution in [0.3, 0.4) is 0 Å². The highest BCUT2D eigenvalue weighted by Gasteiger charge is 2.19. The monoisotopic (exact) mass is 408 g/mol. The molecule has 0 unspecified atom stereocenters. The second-order valence-corrected chi connectivity index (χ2v) is 8.11. The van der Waals surface area contributed by atoms with Crippen LogP contribution in [-0.4, -0.2) is 29.0 Å². The summed E-state index contributed by atoms with van der Waals surface area (Å²) >= 11 is 0. The summed E-state index contributed by atoms with van der Waals surface area (Å²) in [5.74, 6) is -0.972. The third-order valence-corrected chi connectivity index (χ3v) is 5.79. The number of nitrogens with zero attached hydrogens (tertiary/aromatic N) is 2. The van der Waals surface area contributed by atoms with Crippen molar-refractivity contribution in [1.29, 1.82) is 0 Å². The molecule has 2 aromatic carbocycles. The van der Waals surface area contributed by atoms with Crippen LogP contribution in [-0.2, 0) is 27.8 Å². The van der Waals surface area contributed by atoms with Crippen LogP contribution in [0.25, 0.3) is 32.9 Å². The first kappa shape index (κ1) is 19.1. The number of pyridine rings is 1. The Hall–Kier alpha value is -3.19. The van der Waals surface area contributed by atoms with Crippen molar-refractivity contribution in [2.75, 3.05) is 0 Å². The fourth-order valence-electron chi connectivity index (χ4n) is 4.00. The van der Waals surface area contributed by atoms with Gasteiger partial charge in [0.1, 0.15) is 17.2 Å². The summed E-state index contributed by atoms with van der Waals surface area (Å²) in [4.78, 5) is 15.9. The minimum atomic E-state index is -2.57. The summed E-state index contributed by atoms with van der Waals surface area (Å²) in [6.07, 6.45) is 1.68. The van der Waals surface area contributed by atoms with Crippen molar-refractivity contribution >= 4 is 38.5 Å². The highest BCUT2D eigenvalue weighted by molar-refractivity contribution is 7.71. The van der Waals surface area contributed by atoms with E-state index in [1.807, 2.05) is 44.2 Å². The molecule has 4 rings (SSSR count). The largest absolute Gasteiger partial charge is 0.480 e. The van der Waals surface area contributed by atoms with Crippen molar-refractivity contribution in [3.8, 4) is 11.1 Å². The molecule has 0 atom stereocenters. The lowest BCUT2D eigenvalue weighted by Gasteiger charge is -2.10. The summed E-state index contributed by atoms with van der Waals surface area (Å²) in [5, 5.41) is 11.2. The minimum absolute atomic E-state index is 0.0675. The Labute approximate surface area is 169 Å². The normalized spacial score (nSPS) is 11.6. The van der Waals surface area contributed by atoms with Gasteiger partial charge in [-0.15, -0.1) is 0 Å². The molecule has 0 radical (unpaired) electrons. The minimum Gasteiger partial charge on any atom is -0.480 e. The van der Waals surface area contributed by atoms with Gasteiger partial charge in [0.2, 0.25) is 0 Å². The molecule has 29 heavy (non-hydrogen) atoms. The fraction of sp³-hybridized carbons (Fsp3) is 0.182. The highest BCUT2D eigenvalue weighted by atomic mass is 32.2. The number of carboxylic acids is 1. The van der Waals surface area contributed by atoms with Crippen LogP contribution in [0.2, 0.25) is 0 Å². The Kier molecular flexibility index (Phi) is 4.84. The number of carbonyl (C=O) groups is 1. The molecule has 0 bridgehead atoms. The van der Waals surface area contributed by atoms with Crippen molar-refractivity contribution in [1.82, 2.24) is 9.55 Å². The third kappa shape index (κ3) is 3.38. The standard InChI is InChI=1S/C22H20N2O4S/c1-13-6-7-19-18(10-13)21(14(2)24(19)11-20(25)26)16-8-9-23-22-15(12-29(27)28)4-3-5-17(16)22/h3-10,29H,11-12H2,1-2H3,(H,25,26). The highest BCUT2D eigenvalue weighted by Crippen LogP contribution is 2.38. The van der Waals surface area contributed by atoms with E-state index in [-0.39, 0.29) is 12.3 Å². The third-order valence-electron chi connectivity index (χ3n) is 5.20. The molecule has 0 saturated carbocycles. The van der Waals surface area contributed by atoms with E-state index in [4.69, 9.17) is 0 Å². The molecule has 0 saturated heterocycles. The Morgan fingerprint density at radius 2 is 1.90 bits per heavy atom. The molecule has 0 aliphatic heterocycles. The van der Waals surface area contributed by atoms with Gasteiger partial charge in [0.15, 0.2) is 0 Å². The summed E-state index contributed by atoms with van der Waals surface area (Å²) < 4.78 is 24.4. The van der Waals surface area contributed by atoms with Crippen LogP contribution in [0.5, 0.6) is 0 Å². The molecule has 0 aliphatic carbocycles. The number of aryl methyl sites for hydroxylation is 1. The van der Waals surface area contributed by atoms with E-state index in [9.17, 15) is 18.3 Å². The van der Waals surface area contributed by atoms with Gasteiger partial charge in [0.05, 0.1) is 11.3 Å². The van der Waals surface area contributed by atoms with Crippen molar-refractivity contribution in [2.45, 2.75) is 26.1 Å². The average Bonchev–Trinajstić information content (AvgIpc) is 2.92. The molecule has 2 aromatic heterocycles. The lowest BCUT2D eigenvalue weighted by atomic mass is 9.97.